The molecule has 1 N–H and O–H groups in total. The number of hydrogen-bond acceptors (Lipinski definition) is 3. The van der Waals surface area contributed by atoms with Crippen LogP contribution in [0.3, 0.4) is 0 Å². The minimum atomic E-state index is -0.952. The number of anilines is 1. The van der Waals surface area contributed by atoms with Crippen molar-refractivity contribution in [2.75, 3.05) is 37.6 Å². The number of carboxylic acid groups (broad SMARTS) is 1. The van der Waals surface area contributed by atoms with Crippen molar-refractivity contribution < 1.29 is 14.8 Å². The fourth-order valence-corrected chi connectivity index (χ4v) is 3.02. The van der Waals surface area contributed by atoms with E-state index in [0.29, 0.717) is 6.54 Å². The molecule has 1 aromatic rings. The van der Waals surface area contributed by atoms with Gasteiger partial charge in [-0.15, -0.1) is 0 Å². The first-order valence-electron chi connectivity index (χ1n) is 7.67. The number of carboxylic acids is 1. The van der Waals surface area contributed by atoms with Crippen LogP contribution in [0.4, 0.5) is 5.69 Å². The van der Waals surface area contributed by atoms with Gasteiger partial charge in [-0.3, -0.25) is 0 Å². The van der Waals surface area contributed by atoms with Crippen molar-refractivity contribution in [1.29, 1.82) is 0 Å². The van der Waals surface area contributed by atoms with Crippen LogP contribution < -0.4 is 14.9 Å². The van der Waals surface area contributed by atoms with Crippen LogP contribution in [-0.4, -0.2) is 38.7 Å². The van der Waals surface area contributed by atoms with E-state index in [4.69, 9.17) is 0 Å². The fourth-order valence-electron chi connectivity index (χ4n) is 3.02. The summed E-state index contributed by atoms with van der Waals surface area (Å²) in [5.74, 6) is -0.952. The van der Waals surface area contributed by atoms with Crippen LogP contribution in [0.1, 0.15) is 25.0 Å². The Hall–Kier alpha value is -1.55. The van der Waals surface area contributed by atoms with E-state index in [1.54, 1.807) is 13.8 Å². The van der Waals surface area contributed by atoms with E-state index in [2.05, 4.69) is 36.9 Å². The summed E-state index contributed by atoms with van der Waals surface area (Å²) in [6.07, 6.45) is 0. The summed E-state index contributed by atoms with van der Waals surface area (Å²) in [5, 5.41) is 11.1. The molecule has 1 aliphatic heterocycles. The molecule has 1 heterocycles. The van der Waals surface area contributed by atoms with Gasteiger partial charge >= 0.3 is 0 Å². The number of carbonyl (C=O) groups is 1. The number of hydrogen-bond donors (Lipinski definition) is 1. The fraction of sp³-hybridized carbons (Fsp3) is 0.588. The molecular formula is C17H26N2O2. The zero-order valence-corrected chi connectivity index (χ0v) is 13.5. The largest absolute Gasteiger partial charge is 0.549 e. The van der Waals surface area contributed by atoms with Crippen molar-refractivity contribution in [2.45, 2.75) is 27.7 Å². The molecule has 0 spiro atoms. The summed E-state index contributed by atoms with van der Waals surface area (Å²) in [5.41, 5.74) is 3.22. The Morgan fingerprint density at radius 2 is 1.90 bits per heavy atom. The zero-order chi connectivity index (χ0) is 15.6. The highest BCUT2D eigenvalue weighted by Gasteiger charge is 2.29. The molecule has 1 fully saturated rings. The maximum absolute atomic E-state index is 11.1. The quantitative estimate of drug-likeness (QED) is 0.834. The summed E-state index contributed by atoms with van der Waals surface area (Å²) in [4.78, 5) is 14.9. The van der Waals surface area contributed by atoms with Crippen LogP contribution >= 0.6 is 0 Å². The Labute approximate surface area is 127 Å². The summed E-state index contributed by atoms with van der Waals surface area (Å²) >= 11 is 0. The third-order valence-corrected chi connectivity index (χ3v) is 4.63. The molecule has 0 radical (unpaired) electrons. The van der Waals surface area contributed by atoms with Gasteiger partial charge in [-0.05, 0) is 44.9 Å². The molecular weight excluding hydrogens is 264 g/mol. The molecule has 4 nitrogen and oxygen atoms in total. The Balaban J connectivity index is 1.98. The van der Waals surface area contributed by atoms with Crippen molar-refractivity contribution in [3.8, 4) is 0 Å². The number of piperazine rings is 1. The lowest BCUT2D eigenvalue weighted by molar-refractivity contribution is -0.906. The average Bonchev–Trinajstić information content (AvgIpc) is 2.42. The Morgan fingerprint density at radius 3 is 2.48 bits per heavy atom. The molecule has 1 aliphatic rings. The molecule has 1 aromatic carbocycles. The molecule has 0 bridgehead atoms. The first-order valence-corrected chi connectivity index (χ1v) is 7.67. The van der Waals surface area contributed by atoms with E-state index in [-0.39, 0.29) is 0 Å². The third-order valence-electron chi connectivity index (χ3n) is 4.63. The lowest BCUT2D eigenvalue weighted by Gasteiger charge is -2.38. The normalized spacial score (nSPS) is 17.0. The van der Waals surface area contributed by atoms with Gasteiger partial charge in [0.25, 0.3) is 0 Å². The molecule has 116 valence electrons. The van der Waals surface area contributed by atoms with Gasteiger partial charge in [0.15, 0.2) is 0 Å². The van der Waals surface area contributed by atoms with Gasteiger partial charge in [-0.2, -0.15) is 0 Å². The average molecular weight is 290 g/mol. The molecule has 4 heteroatoms. The van der Waals surface area contributed by atoms with E-state index >= 15 is 0 Å². The maximum atomic E-state index is 11.1. The molecule has 0 unspecified atom stereocenters. The zero-order valence-electron chi connectivity index (χ0n) is 13.5. The van der Waals surface area contributed by atoms with Crippen LogP contribution in [0.15, 0.2) is 18.2 Å². The number of aliphatic carboxylic acids is 1. The molecule has 0 aliphatic carbocycles. The highest BCUT2D eigenvalue weighted by atomic mass is 16.4. The van der Waals surface area contributed by atoms with Crippen LogP contribution in [0.25, 0.3) is 0 Å². The smallest absolute Gasteiger partial charge is 0.0949 e. The van der Waals surface area contributed by atoms with Gasteiger partial charge in [-0.1, -0.05) is 12.1 Å². The molecule has 0 amide bonds. The molecule has 1 saturated heterocycles. The van der Waals surface area contributed by atoms with Crippen LogP contribution in [-0.2, 0) is 4.79 Å². The molecule has 21 heavy (non-hydrogen) atoms. The molecule has 0 atom stereocenters. The number of aryl methyl sites for hydroxylation is 1. The predicted molar refractivity (Wildman–Crippen MR) is 82.5 cm³/mol. The second-order valence-corrected chi connectivity index (χ2v) is 6.80. The van der Waals surface area contributed by atoms with Gasteiger partial charge in [-0.25, -0.2) is 0 Å². The van der Waals surface area contributed by atoms with Crippen molar-refractivity contribution >= 4 is 11.7 Å². The third kappa shape index (κ3) is 3.56. The van der Waals surface area contributed by atoms with Gasteiger partial charge in [0.1, 0.15) is 0 Å². The Kier molecular flexibility index (Phi) is 4.57. The van der Waals surface area contributed by atoms with E-state index in [1.807, 2.05) is 0 Å². The molecule has 0 saturated carbocycles. The molecule has 0 aromatic heterocycles. The lowest BCUT2D eigenvalue weighted by atomic mass is 9.93. The van der Waals surface area contributed by atoms with Gasteiger partial charge in [0.05, 0.1) is 44.1 Å². The predicted octanol–water partition coefficient (Wildman–Crippen LogP) is -0.216. The maximum Gasteiger partial charge on any atom is 0.0949 e. The number of carbonyl (C=O) groups excluding carboxylic acids is 1. The Morgan fingerprint density at radius 1 is 1.29 bits per heavy atom. The summed E-state index contributed by atoms with van der Waals surface area (Å²) in [6, 6.07) is 6.43. The van der Waals surface area contributed by atoms with Crippen LogP contribution in [0.2, 0.25) is 0 Å². The van der Waals surface area contributed by atoms with Gasteiger partial charge < -0.3 is 19.7 Å². The minimum Gasteiger partial charge on any atom is -0.549 e. The number of rotatable bonds is 4. The SMILES string of the molecule is Cc1cccc(N2CC[NH+](CC(C)(C)C(=O)[O-])CC2)c1C. The van der Waals surface area contributed by atoms with Crippen LogP contribution in [0, 0.1) is 19.3 Å². The van der Waals surface area contributed by atoms with Crippen molar-refractivity contribution in [1.82, 2.24) is 0 Å². The standard InChI is InChI=1S/C17H26N2O2/c1-13-6-5-7-15(14(13)2)19-10-8-18(9-11-19)12-17(3,4)16(20)21/h5-7H,8-12H2,1-4H3,(H,20,21). The van der Waals surface area contributed by atoms with Crippen molar-refractivity contribution in [3.05, 3.63) is 29.3 Å². The topological polar surface area (TPSA) is 47.8 Å². The lowest BCUT2D eigenvalue weighted by Crippen LogP contribution is -3.16. The molecule has 2 rings (SSSR count). The second kappa shape index (κ2) is 6.06. The van der Waals surface area contributed by atoms with Gasteiger partial charge in [0, 0.05) is 5.69 Å². The van der Waals surface area contributed by atoms with E-state index in [0.717, 1.165) is 26.2 Å². The second-order valence-electron chi connectivity index (χ2n) is 6.80. The first-order chi connectivity index (χ1) is 9.81. The number of quaternary nitrogens is 1. The van der Waals surface area contributed by atoms with Crippen molar-refractivity contribution in [2.24, 2.45) is 5.41 Å². The summed E-state index contributed by atoms with van der Waals surface area (Å²) in [6.45, 7) is 12.4. The van der Waals surface area contributed by atoms with Crippen molar-refractivity contribution in [3.63, 3.8) is 0 Å². The summed E-state index contributed by atoms with van der Waals surface area (Å²) < 4.78 is 0. The van der Waals surface area contributed by atoms with Gasteiger partial charge in [0.2, 0.25) is 0 Å². The van der Waals surface area contributed by atoms with E-state index in [1.165, 1.54) is 21.7 Å². The first kappa shape index (κ1) is 15.8. The minimum absolute atomic E-state index is 0.635. The number of nitrogens with zero attached hydrogens (tertiary/aromatic N) is 1. The summed E-state index contributed by atoms with van der Waals surface area (Å²) in [7, 11) is 0. The monoisotopic (exact) mass is 290 g/mol. The van der Waals surface area contributed by atoms with E-state index < -0.39 is 11.4 Å². The van der Waals surface area contributed by atoms with Crippen LogP contribution in [0.5, 0.6) is 0 Å². The van der Waals surface area contributed by atoms with E-state index in [9.17, 15) is 9.90 Å². The Bertz CT molecular complexity index is 518. The highest BCUT2D eigenvalue weighted by molar-refractivity contribution is 5.71. The number of nitrogens with one attached hydrogen (secondary N) is 1. The highest BCUT2D eigenvalue weighted by Crippen LogP contribution is 2.22. The number of benzene rings is 1.